The van der Waals surface area contributed by atoms with Crippen molar-refractivity contribution in [1.29, 1.82) is 0 Å². The molecule has 0 saturated carbocycles. The molecule has 4 rings (SSSR count). The van der Waals surface area contributed by atoms with Crippen LogP contribution in [-0.4, -0.2) is 42.8 Å². The van der Waals surface area contributed by atoms with Crippen molar-refractivity contribution in [2.24, 2.45) is 0 Å². The van der Waals surface area contributed by atoms with E-state index in [-0.39, 0.29) is 11.9 Å². The first-order valence-corrected chi connectivity index (χ1v) is 9.06. The normalized spacial score (nSPS) is 16.6. The number of rotatable bonds is 5. The number of aromatic nitrogens is 2. The van der Waals surface area contributed by atoms with Gasteiger partial charge in [-0.2, -0.15) is 5.10 Å². The molecule has 27 heavy (non-hydrogen) atoms. The maximum Gasteiger partial charge on any atom is 0.249 e. The molecule has 3 aromatic rings. The molecule has 1 aliphatic rings. The summed E-state index contributed by atoms with van der Waals surface area (Å²) in [6.07, 6.45) is 4.43. The van der Waals surface area contributed by atoms with Crippen molar-refractivity contribution in [2.75, 3.05) is 35.8 Å². The van der Waals surface area contributed by atoms with Gasteiger partial charge in [0.05, 0.1) is 6.20 Å². The van der Waals surface area contributed by atoms with E-state index in [2.05, 4.69) is 32.5 Å². The lowest BCUT2D eigenvalue weighted by Gasteiger charge is -2.19. The molecule has 138 valence electrons. The fourth-order valence-corrected chi connectivity index (χ4v) is 3.39. The molecular weight excluding hydrogens is 338 g/mol. The number of carbonyl (C=O) groups is 1. The zero-order valence-electron chi connectivity index (χ0n) is 15.5. The highest BCUT2D eigenvalue weighted by molar-refractivity contribution is 6.01. The minimum Gasteiger partial charge on any atom is -0.378 e. The zero-order valence-corrected chi connectivity index (χ0v) is 15.5. The largest absolute Gasteiger partial charge is 0.378 e. The summed E-state index contributed by atoms with van der Waals surface area (Å²) in [4.78, 5) is 16.8. The number of nitrogens with zero attached hydrogens (tertiary/aromatic N) is 3. The lowest BCUT2D eigenvalue weighted by Crippen LogP contribution is -2.33. The highest BCUT2D eigenvalue weighted by Gasteiger charge is 2.32. The highest BCUT2D eigenvalue weighted by atomic mass is 16.2. The van der Waals surface area contributed by atoms with Crippen molar-refractivity contribution < 1.29 is 4.79 Å². The van der Waals surface area contributed by atoms with E-state index in [1.165, 1.54) is 0 Å². The van der Waals surface area contributed by atoms with Gasteiger partial charge in [-0.1, -0.05) is 18.2 Å². The van der Waals surface area contributed by atoms with E-state index in [0.29, 0.717) is 0 Å². The van der Waals surface area contributed by atoms with Crippen LogP contribution in [0.15, 0.2) is 60.9 Å². The van der Waals surface area contributed by atoms with Gasteiger partial charge in [-0.3, -0.25) is 9.89 Å². The lowest BCUT2D eigenvalue weighted by atomic mass is 10.1. The molecule has 1 saturated heterocycles. The van der Waals surface area contributed by atoms with Crippen molar-refractivity contribution in [2.45, 2.75) is 12.5 Å². The van der Waals surface area contributed by atoms with E-state index < -0.39 is 0 Å². The summed E-state index contributed by atoms with van der Waals surface area (Å²) in [6, 6.07) is 16.0. The van der Waals surface area contributed by atoms with Crippen LogP contribution in [0.4, 0.5) is 17.1 Å². The van der Waals surface area contributed by atoms with Gasteiger partial charge in [0, 0.05) is 49.5 Å². The molecule has 0 bridgehead atoms. The third kappa shape index (κ3) is 3.51. The van der Waals surface area contributed by atoms with Crippen LogP contribution in [0, 0.1) is 0 Å². The van der Waals surface area contributed by atoms with Crippen molar-refractivity contribution >= 4 is 23.0 Å². The maximum atomic E-state index is 12.9. The van der Waals surface area contributed by atoms with Gasteiger partial charge in [0.2, 0.25) is 5.91 Å². The molecule has 2 aromatic carbocycles. The number of hydrogen-bond donors (Lipinski definition) is 2. The monoisotopic (exact) mass is 361 g/mol. The first-order chi connectivity index (χ1) is 13.1. The fourth-order valence-electron chi connectivity index (χ4n) is 3.39. The van der Waals surface area contributed by atoms with E-state index in [4.69, 9.17) is 0 Å². The van der Waals surface area contributed by atoms with Gasteiger partial charge in [0.15, 0.2) is 0 Å². The summed E-state index contributed by atoms with van der Waals surface area (Å²) in [7, 11) is 4.02. The molecule has 0 aliphatic carbocycles. The number of hydrogen-bond acceptors (Lipinski definition) is 4. The third-order valence-electron chi connectivity index (χ3n) is 4.92. The van der Waals surface area contributed by atoms with Gasteiger partial charge in [-0.05, 0) is 42.3 Å². The molecule has 6 nitrogen and oxygen atoms in total. The summed E-state index contributed by atoms with van der Waals surface area (Å²) < 4.78 is 0. The second kappa shape index (κ2) is 7.15. The number of aromatic amines is 1. The average molecular weight is 361 g/mol. The molecule has 1 amide bonds. The Hall–Kier alpha value is -3.28. The van der Waals surface area contributed by atoms with E-state index >= 15 is 0 Å². The number of carbonyl (C=O) groups excluding carboxylic acids is 1. The summed E-state index contributed by atoms with van der Waals surface area (Å²) >= 11 is 0. The lowest BCUT2D eigenvalue weighted by molar-refractivity contribution is -0.117. The van der Waals surface area contributed by atoms with E-state index in [1.54, 1.807) is 6.20 Å². The maximum absolute atomic E-state index is 12.9. The molecule has 2 N–H and O–H groups in total. The third-order valence-corrected chi connectivity index (χ3v) is 4.92. The smallest absolute Gasteiger partial charge is 0.249 e. The van der Waals surface area contributed by atoms with Crippen molar-refractivity contribution in [3.63, 3.8) is 0 Å². The van der Waals surface area contributed by atoms with Gasteiger partial charge in [-0.15, -0.1) is 0 Å². The Bertz CT molecular complexity index is 918. The number of benzene rings is 2. The number of nitrogens with one attached hydrogen (secondary N) is 2. The minimum absolute atomic E-state index is 0.112. The summed E-state index contributed by atoms with van der Waals surface area (Å²) in [5, 5.41) is 10.2. The Morgan fingerprint density at radius 3 is 2.67 bits per heavy atom. The van der Waals surface area contributed by atoms with Crippen LogP contribution >= 0.6 is 0 Å². The van der Waals surface area contributed by atoms with Crippen molar-refractivity contribution in [1.82, 2.24) is 10.2 Å². The molecule has 0 spiro atoms. The molecule has 6 heteroatoms. The van der Waals surface area contributed by atoms with Gasteiger partial charge in [-0.25, -0.2) is 0 Å². The van der Waals surface area contributed by atoms with Crippen LogP contribution in [0.2, 0.25) is 0 Å². The number of anilines is 3. The minimum atomic E-state index is -0.198. The van der Waals surface area contributed by atoms with Gasteiger partial charge in [0.1, 0.15) is 6.04 Å². The number of H-pyrrole nitrogens is 1. The second-order valence-corrected chi connectivity index (χ2v) is 6.95. The van der Waals surface area contributed by atoms with Crippen LogP contribution in [0.3, 0.4) is 0 Å². The Labute approximate surface area is 158 Å². The second-order valence-electron chi connectivity index (χ2n) is 6.95. The average Bonchev–Trinajstić information content (AvgIpc) is 3.33. The predicted molar refractivity (Wildman–Crippen MR) is 109 cm³/mol. The van der Waals surface area contributed by atoms with Crippen LogP contribution in [-0.2, 0) is 4.79 Å². The Morgan fingerprint density at radius 1 is 1.15 bits per heavy atom. The Balaban J connectivity index is 1.46. The topological polar surface area (TPSA) is 64.3 Å². The fraction of sp³-hybridized carbons (Fsp3) is 0.238. The Morgan fingerprint density at radius 2 is 1.96 bits per heavy atom. The first-order valence-electron chi connectivity index (χ1n) is 9.06. The first kappa shape index (κ1) is 17.1. The molecule has 1 fully saturated rings. The van der Waals surface area contributed by atoms with Crippen LogP contribution in [0.5, 0.6) is 0 Å². The SMILES string of the molecule is CN(C)c1cccc(NC2CCN(c3ccc(-c4cn[nH]c4)cc3)C2=O)c1. The zero-order chi connectivity index (χ0) is 18.8. The molecule has 2 heterocycles. The van der Waals surface area contributed by atoms with Crippen molar-refractivity contribution in [3.8, 4) is 11.1 Å². The van der Waals surface area contributed by atoms with Crippen LogP contribution in [0.1, 0.15) is 6.42 Å². The predicted octanol–water partition coefficient (Wildman–Crippen LogP) is 3.36. The molecular formula is C21H23N5O. The molecule has 1 aromatic heterocycles. The van der Waals surface area contributed by atoms with E-state index in [1.807, 2.05) is 61.6 Å². The quantitative estimate of drug-likeness (QED) is 0.731. The standard InChI is InChI=1S/C21H23N5O/c1-25(2)19-5-3-4-17(12-19)24-20-10-11-26(21(20)27)18-8-6-15(7-9-18)16-13-22-23-14-16/h3-9,12-14,20,24H,10-11H2,1-2H3,(H,22,23). The highest BCUT2D eigenvalue weighted by Crippen LogP contribution is 2.27. The molecule has 0 radical (unpaired) electrons. The van der Waals surface area contributed by atoms with Gasteiger partial charge >= 0.3 is 0 Å². The van der Waals surface area contributed by atoms with E-state index in [0.717, 1.165) is 41.2 Å². The summed E-state index contributed by atoms with van der Waals surface area (Å²) in [6.45, 7) is 0.717. The number of amides is 1. The molecule has 1 unspecified atom stereocenters. The Kier molecular flexibility index (Phi) is 4.54. The molecule has 1 atom stereocenters. The summed E-state index contributed by atoms with van der Waals surface area (Å²) in [5.74, 6) is 0.112. The van der Waals surface area contributed by atoms with E-state index in [9.17, 15) is 4.79 Å². The molecule has 1 aliphatic heterocycles. The van der Waals surface area contributed by atoms with Gasteiger partial charge in [0.25, 0.3) is 0 Å². The van der Waals surface area contributed by atoms with Crippen LogP contribution in [0.25, 0.3) is 11.1 Å². The van der Waals surface area contributed by atoms with Gasteiger partial charge < -0.3 is 15.1 Å². The van der Waals surface area contributed by atoms with Crippen molar-refractivity contribution in [3.05, 3.63) is 60.9 Å². The summed E-state index contributed by atoms with van der Waals surface area (Å²) in [5.41, 5.74) is 5.12. The van der Waals surface area contributed by atoms with Crippen LogP contribution < -0.4 is 15.1 Å².